The molecule has 9 heteroatoms. The average Bonchev–Trinajstić information content (AvgIpc) is 3.70. The van der Waals surface area contributed by atoms with Crippen LogP contribution >= 0.6 is 0 Å². The van der Waals surface area contributed by atoms with Crippen LogP contribution in [0.4, 0.5) is 0 Å². The molecule has 1 aliphatic carbocycles. The Morgan fingerprint density at radius 2 is 1.78 bits per heavy atom. The number of nitrogens with zero attached hydrogens (tertiary/aromatic N) is 4. The lowest BCUT2D eigenvalue weighted by Crippen LogP contribution is -2.54. The highest BCUT2D eigenvalue weighted by molar-refractivity contribution is 5.98. The molecule has 232 valence electrons. The number of hydrogen-bond donors (Lipinski definition) is 3. The Bertz CT molecular complexity index is 1700. The Morgan fingerprint density at radius 1 is 1.00 bits per heavy atom. The number of aromatic nitrogens is 4. The number of aliphatic hydroxyl groups is 1. The lowest BCUT2D eigenvalue weighted by molar-refractivity contribution is -0.103. The third kappa shape index (κ3) is 6.16. The van der Waals surface area contributed by atoms with Crippen molar-refractivity contribution in [1.29, 1.82) is 0 Å². The quantitative estimate of drug-likeness (QED) is 0.215. The Morgan fingerprint density at radius 3 is 2.60 bits per heavy atom. The predicted octanol–water partition coefficient (Wildman–Crippen LogP) is 5.15. The van der Waals surface area contributed by atoms with Gasteiger partial charge < -0.3 is 29.6 Å². The van der Waals surface area contributed by atoms with E-state index in [0.29, 0.717) is 18.7 Å². The molecular formula is C36H40N6O3. The van der Waals surface area contributed by atoms with Crippen LogP contribution in [0.15, 0.2) is 91.3 Å². The number of aromatic amines is 1. The van der Waals surface area contributed by atoms with Crippen molar-refractivity contribution in [3.8, 4) is 11.3 Å². The molecule has 3 N–H and O–H groups in total. The fourth-order valence-corrected chi connectivity index (χ4v) is 7.04. The van der Waals surface area contributed by atoms with E-state index in [2.05, 4.69) is 27.4 Å². The summed E-state index contributed by atoms with van der Waals surface area (Å²) in [6.07, 6.45) is 5.77. The second kappa shape index (κ2) is 13.0. The number of nitrogens with one attached hydrogen (secondary N) is 2. The van der Waals surface area contributed by atoms with Crippen molar-refractivity contribution < 1.29 is 14.6 Å². The fraction of sp³-hybridized carbons (Fsp3) is 0.361. The number of carbonyl (C=O) groups is 1. The van der Waals surface area contributed by atoms with E-state index < -0.39 is 5.60 Å². The zero-order valence-corrected chi connectivity index (χ0v) is 25.4. The molecule has 1 saturated carbocycles. The first-order chi connectivity index (χ1) is 22.1. The van der Waals surface area contributed by atoms with Crippen LogP contribution in [0.5, 0.6) is 0 Å². The Hall–Kier alpha value is -4.31. The molecule has 3 aromatic carbocycles. The van der Waals surface area contributed by atoms with Crippen LogP contribution in [0, 0.1) is 0 Å². The number of benzene rings is 3. The third-order valence-corrected chi connectivity index (χ3v) is 9.29. The smallest absolute Gasteiger partial charge is 0.275 e. The number of rotatable bonds is 9. The maximum atomic E-state index is 14.4. The summed E-state index contributed by atoms with van der Waals surface area (Å²) >= 11 is 0. The summed E-state index contributed by atoms with van der Waals surface area (Å²) in [5.74, 6) is 0.657. The van der Waals surface area contributed by atoms with Crippen LogP contribution in [0.25, 0.3) is 22.3 Å². The number of para-hydroxylation sites is 2. The number of fused-ring (bicyclic) bond motifs is 1. The van der Waals surface area contributed by atoms with Gasteiger partial charge in [0, 0.05) is 31.2 Å². The molecule has 9 nitrogen and oxygen atoms in total. The van der Waals surface area contributed by atoms with Crippen LogP contribution in [0.1, 0.15) is 53.6 Å². The molecule has 2 fully saturated rings. The molecule has 0 bridgehead atoms. The number of amides is 1. The van der Waals surface area contributed by atoms with Gasteiger partial charge in [0.1, 0.15) is 18.0 Å². The standard InChI is InChI=1S/C36H40N6O3/c43-35(41-20-19-37-22-28(41)21-26-11-3-1-4-12-26)33-34(27-13-5-2-6-14-27)42(25-38-33)31-17-9-10-18-36(31,44)24-45-23-32-39-29-15-7-8-16-30(29)40-32/h1-8,11-16,25,28,31,37,44H,9-10,17-24H2,(H,39,40)/t28-,31+,36+/m1/s1. The lowest BCUT2D eigenvalue weighted by Gasteiger charge is -2.41. The van der Waals surface area contributed by atoms with Crippen LogP contribution in [0.2, 0.25) is 0 Å². The van der Waals surface area contributed by atoms with Crippen LogP contribution in [0.3, 0.4) is 0 Å². The maximum absolute atomic E-state index is 14.4. The summed E-state index contributed by atoms with van der Waals surface area (Å²) in [4.78, 5) is 29.1. The van der Waals surface area contributed by atoms with Gasteiger partial charge in [0.05, 0.1) is 35.7 Å². The normalized spacial score (nSPS) is 22.1. The second-order valence-electron chi connectivity index (χ2n) is 12.3. The van der Waals surface area contributed by atoms with Crippen molar-refractivity contribution in [2.75, 3.05) is 26.2 Å². The van der Waals surface area contributed by atoms with E-state index in [1.165, 1.54) is 5.56 Å². The number of hydrogen-bond acceptors (Lipinski definition) is 6. The summed E-state index contributed by atoms with van der Waals surface area (Å²) in [6.45, 7) is 2.51. The largest absolute Gasteiger partial charge is 0.385 e. The molecule has 0 spiro atoms. The highest BCUT2D eigenvalue weighted by Gasteiger charge is 2.42. The van der Waals surface area contributed by atoms with E-state index in [-0.39, 0.29) is 31.2 Å². The zero-order valence-electron chi connectivity index (χ0n) is 25.4. The van der Waals surface area contributed by atoms with E-state index >= 15 is 0 Å². The summed E-state index contributed by atoms with van der Waals surface area (Å²) in [7, 11) is 0. The number of H-pyrrole nitrogens is 1. The predicted molar refractivity (Wildman–Crippen MR) is 174 cm³/mol. The van der Waals surface area contributed by atoms with Gasteiger partial charge in [0.2, 0.25) is 0 Å². The molecule has 1 saturated heterocycles. The van der Waals surface area contributed by atoms with Crippen molar-refractivity contribution in [3.05, 3.63) is 108 Å². The van der Waals surface area contributed by atoms with Crippen molar-refractivity contribution in [2.24, 2.45) is 0 Å². The molecular weight excluding hydrogens is 564 g/mol. The summed E-state index contributed by atoms with van der Waals surface area (Å²) in [6, 6.07) is 27.9. The summed E-state index contributed by atoms with van der Waals surface area (Å²) < 4.78 is 8.19. The maximum Gasteiger partial charge on any atom is 0.275 e. The molecule has 3 heterocycles. The van der Waals surface area contributed by atoms with Gasteiger partial charge in [0.25, 0.3) is 5.91 Å². The summed E-state index contributed by atoms with van der Waals surface area (Å²) in [5, 5.41) is 15.6. The zero-order chi connectivity index (χ0) is 30.6. The van der Waals surface area contributed by atoms with Gasteiger partial charge in [-0.25, -0.2) is 9.97 Å². The molecule has 1 amide bonds. The van der Waals surface area contributed by atoms with Gasteiger partial charge in [0.15, 0.2) is 5.69 Å². The minimum atomic E-state index is -1.13. The van der Waals surface area contributed by atoms with Crippen LogP contribution in [-0.4, -0.2) is 73.3 Å². The van der Waals surface area contributed by atoms with Gasteiger partial charge in [-0.05, 0) is 37.0 Å². The van der Waals surface area contributed by atoms with E-state index in [9.17, 15) is 9.90 Å². The average molecular weight is 605 g/mol. The lowest BCUT2D eigenvalue weighted by atomic mass is 9.80. The first kappa shape index (κ1) is 29.4. The van der Waals surface area contributed by atoms with Crippen molar-refractivity contribution in [1.82, 2.24) is 29.7 Å². The first-order valence-corrected chi connectivity index (χ1v) is 16.0. The second-order valence-corrected chi connectivity index (χ2v) is 12.3. The fourth-order valence-electron chi connectivity index (χ4n) is 7.04. The molecule has 45 heavy (non-hydrogen) atoms. The number of piperazine rings is 1. The van der Waals surface area contributed by atoms with E-state index in [0.717, 1.165) is 66.9 Å². The SMILES string of the molecule is O=C(c1ncn([C@H]2CCCC[C@]2(O)COCc2nc3ccccc3[nH]2)c1-c1ccccc1)N1CCNC[C@H]1Cc1ccccc1. The van der Waals surface area contributed by atoms with Crippen LogP contribution in [-0.2, 0) is 17.8 Å². The molecule has 1 aliphatic heterocycles. The Balaban J connectivity index is 1.17. The number of carbonyl (C=O) groups excluding carboxylic acids is 1. The third-order valence-electron chi connectivity index (χ3n) is 9.29. The Kier molecular flexibility index (Phi) is 8.47. The van der Waals surface area contributed by atoms with Crippen molar-refractivity contribution in [3.63, 3.8) is 0 Å². The highest BCUT2D eigenvalue weighted by atomic mass is 16.5. The van der Waals surface area contributed by atoms with Crippen LogP contribution < -0.4 is 5.32 Å². The molecule has 5 aromatic rings. The van der Waals surface area contributed by atoms with Gasteiger partial charge in [-0.1, -0.05) is 85.6 Å². The van der Waals surface area contributed by atoms with Crippen molar-refractivity contribution in [2.45, 2.75) is 56.4 Å². The van der Waals surface area contributed by atoms with E-state index in [4.69, 9.17) is 9.72 Å². The van der Waals surface area contributed by atoms with Gasteiger partial charge >= 0.3 is 0 Å². The topological polar surface area (TPSA) is 108 Å². The van der Waals surface area contributed by atoms with Gasteiger partial charge in [-0.3, -0.25) is 4.79 Å². The molecule has 3 atom stereocenters. The van der Waals surface area contributed by atoms with Crippen molar-refractivity contribution >= 4 is 16.9 Å². The molecule has 7 rings (SSSR count). The monoisotopic (exact) mass is 604 g/mol. The molecule has 2 aliphatic rings. The Labute approximate surface area is 263 Å². The van der Waals surface area contributed by atoms with Gasteiger partial charge in [-0.2, -0.15) is 0 Å². The van der Waals surface area contributed by atoms with E-state index in [1.807, 2.05) is 82.3 Å². The minimum Gasteiger partial charge on any atom is -0.385 e. The van der Waals surface area contributed by atoms with E-state index in [1.54, 1.807) is 6.33 Å². The van der Waals surface area contributed by atoms with Gasteiger partial charge in [-0.15, -0.1) is 0 Å². The molecule has 2 aromatic heterocycles. The molecule has 0 unspecified atom stereocenters. The summed E-state index contributed by atoms with van der Waals surface area (Å²) in [5.41, 5.74) is 4.02. The highest BCUT2D eigenvalue weighted by Crippen LogP contribution is 2.41. The minimum absolute atomic E-state index is 0.0145. The number of ether oxygens (including phenoxy) is 1. The number of imidazole rings is 2. The first-order valence-electron chi connectivity index (χ1n) is 16.0. The molecule has 0 radical (unpaired) electrons.